The zero-order chi connectivity index (χ0) is 18.2. The second-order valence-corrected chi connectivity index (χ2v) is 6.59. The molecule has 1 atom stereocenters. The first kappa shape index (κ1) is 18.1. The van der Waals surface area contributed by atoms with Gasteiger partial charge in [0.1, 0.15) is 5.75 Å². The molecule has 1 saturated heterocycles. The van der Waals surface area contributed by atoms with Crippen LogP contribution in [-0.2, 0) is 6.54 Å². The minimum atomic E-state index is 0.634. The van der Waals surface area contributed by atoms with Gasteiger partial charge in [-0.3, -0.25) is 4.99 Å². The quantitative estimate of drug-likeness (QED) is 0.620. The number of methoxy groups -OCH3 is 1. The number of nitrogens with zero attached hydrogens (tertiary/aromatic N) is 2. The lowest BCUT2D eigenvalue weighted by Crippen LogP contribution is -2.39. The number of hydrogen-bond acceptors (Lipinski definition) is 3. The molecule has 1 unspecified atom stereocenters. The molecule has 1 heterocycles. The van der Waals surface area contributed by atoms with Crippen molar-refractivity contribution in [2.45, 2.75) is 13.0 Å². The Morgan fingerprint density at radius 1 is 1.12 bits per heavy atom. The first-order valence-electron chi connectivity index (χ1n) is 9.16. The molecular weight excluding hydrogens is 324 g/mol. The Balaban J connectivity index is 1.43. The summed E-state index contributed by atoms with van der Waals surface area (Å²) >= 11 is 0. The lowest BCUT2D eigenvalue weighted by atomic mass is 10.1. The van der Waals surface area contributed by atoms with Gasteiger partial charge in [0.25, 0.3) is 0 Å². The fraction of sp³-hybridized carbons (Fsp3) is 0.381. The van der Waals surface area contributed by atoms with Crippen molar-refractivity contribution in [3.8, 4) is 5.75 Å². The molecular formula is C21H28N4O. The van der Waals surface area contributed by atoms with Gasteiger partial charge in [0.05, 0.1) is 7.11 Å². The number of rotatable bonds is 6. The van der Waals surface area contributed by atoms with Crippen molar-refractivity contribution in [2.24, 2.45) is 10.9 Å². The molecule has 0 radical (unpaired) electrons. The van der Waals surface area contributed by atoms with Crippen LogP contribution in [0.25, 0.3) is 0 Å². The zero-order valence-corrected chi connectivity index (χ0v) is 15.6. The van der Waals surface area contributed by atoms with E-state index in [1.807, 2.05) is 19.2 Å². The monoisotopic (exact) mass is 352 g/mol. The van der Waals surface area contributed by atoms with Gasteiger partial charge >= 0.3 is 0 Å². The molecule has 1 aliphatic heterocycles. The minimum absolute atomic E-state index is 0.634. The van der Waals surface area contributed by atoms with Crippen LogP contribution in [0.2, 0.25) is 0 Å². The second kappa shape index (κ2) is 9.13. The first-order chi connectivity index (χ1) is 12.8. The SMILES string of the molecule is CN=C(NCc1ccc(OC)cc1)NCC1CCN(c2ccccc2)C1. The Morgan fingerprint density at radius 2 is 1.88 bits per heavy atom. The van der Waals surface area contributed by atoms with E-state index in [0.29, 0.717) is 5.92 Å². The van der Waals surface area contributed by atoms with Crippen LogP contribution in [0.4, 0.5) is 5.69 Å². The topological polar surface area (TPSA) is 48.9 Å². The third-order valence-corrected chi connectivity index (χ3v) is 4.81. The molecule has 2 N–H and O–H groups in total. The maximum atomic E-state index is 5.19. The van der Waals surface area contributed by atoms with Crippen molar-refractivity contribution in [1.82, 2.24) is 10.6 Å². The highest BCUT2D eigenvalue weighted by molar-refractivity contribution is 5.79. The van der Waals surface area contributed by atoms with Gasteiger partial charge in [0, 0.05) is 38.9 Å². The molecule has 0 aromatic heterocycles. The lowest BCUT2D eigenvalue weighted by molar-refractivity contribution is 0.414. The van der Waals surface area contributed by atoms with Crippen LogP contribution >= 0.6 is 0 Å². The van der Waals surface area contributed by atoms with Gasteiger partial charge in [0.15, 0.2) is 5.96 Å². The predicted molar refractivity (Wildman–Crippen MR) is 108 cm³/mol. The molecule has 2 aromatic rings. The number of benzene rings is 2. The van der Waals surface area contributed by atoms with E-state index < -0.39 is 0 Å². The van der Waals surface area contributed by atoms with E-state index in [9.17, 15) is 0 Å². The number of aliphatic imine (C=N–C) groups is 1. The smallest absolute Gasteiger partial charge is 0.191 e. The standard InChI is InChI=1S/C21H28N4O/c1-22-21(23-14-17-8-10-20(26-2)11-9-17)24-15-18-12-13-25(16-18)19-6-4-3-5-7-19/h3-11,18H,12-16H2,1-2H3,(H2,22,23,24). The second-order valence-electron chi connectivity index (χ2n) is 6.59. The summed E-state index contributed by atoms with van der Waals surface area (Å²) in [4.78, 5) is 6.79. The van der Waals surface area contributed by atoms with Gasteiger partial charge in [-0.05, 0) is 42.2 Å². The van der Waals surface area contributed by atoms with Crippen molar-refractivity contribution in [3.63, 3.8) is 0 Å². The molecule has 1 aliphatic rings. The summed E-state index contributed by atoms with van der Waals surface area (Å²) in [5.41, 5.74) is 2.52. The zero-order valence-electron chi connectivity index (χ0n) is 15.6. The molecule has 2 aromatic carbocycles. The first-order valence-corrected chi connectivity index (χ1v) is 9.16. The number of guanidine groups is 1. The van der Waals surface area contributed by atoms with E-state index in [0.717, 1.165) is 37.9 Å². The number of ether oxygens (including phenoxy) is 1. The molecule has 3 rings (SSSR count). The van der Waals surface area contributed by atoms with Crippen LogP contribution in [0.15, 0.2) is 59.6 Å². The predicted octanol–water partition coefficient (Wildman–Crippen LogP) is 2.89. The fourth-order valence-corrected chi connectivity index (χ4v) is 3.26. The van der Waals surface area contributed by atoms with Crippen molar-refractivity contribution in [2.75, 3.05) is 38.7 Å². The summed E-state index contributed by atoms with van der Waals surface area (Å²) in [6.45, 7) is 3.89. The fourth-order valence-electron chi connectivity index (χ4n) is 3.26. The number of nitrogens with one attached hydrogen (secondary N) is 2. The van der Waals surface area contributed by atoms with Gasteiger partial charge in [-0.25, -0.2) is 0 Å². The van der Waals surface area contributed by atoms with E-state index >= 15 is 0 Å². The molecule has 0 aliphatic carbocycles. The molecule has 5 heteroatoms. The lowest BCUT2D eigenvalue weighted by Gasteiger charge is -2.19. The number of anilines is 1. The van der Waals surface area contributed by atoms with Gasteiger partial charge in [-0.1, -0.05) is 30.3 Å². The molecule has 0 saturated carbocycles. The van der Waals surface area contributed by atoms with E-state index in [1.165, 1.54) is 17.7 Å². The highest BCUT2D eigenvalue weighted by Gasteiger charge is 2.22. The normalized spacial score (nSPS) is 17.2. The van der Waals surface area contributed by atoms with Crippen LogP contribution in [0.3, 0.4) is 0 Å². The molecule has 138 valence electrons. The molecule has 5 nitrogen and oxygen atoms in total. The van der Waals surface area contributed by atoms with Gasteiger partial charge in [0.2, 0.25) is 0 Å². The summed E-state index contributed by atoms with van der Waals surface area (Å²) in [6.07, 6.45) is 1.21. The Bertz CT molecular complexity index is 700. The highest BCUT2D eigenvalue weighted by atomic mass is 16.5. The van der Waals surface area contributed by atoms with Crippen LogP contribution in [0.5, 0.6) is 5.75 Å². The van der Waals surface area contributed by atoms with Gasteiger partial charge in [-0.15, -0.1) is 0 Å². The molecule has 26 heavy (non-hydrogen) atoms. The largest absolute Gasteiger partial charge is 0.497 e. The summed E-state index contributed by atoms with van der Waals surface area (Å²) in [7, 11) is 3.50. The average molecular weight is 352 g/mol. The Labute approximate surface area is 156 Å². The summed E-state index contributed by atoms with van der Waals surface area (Å²) in [5.74, 6) is 2.36. The van der Waals surface area contributed by atoms with Crippen LogP contribution < -0.4 is 20.3 Å². The maximum absolute atomic E-state index is 5.19. The van der Waals surface area contributed by atoms with Gasteiger partial charge < -0.3 is 20.3 Å². The van der Waals surface area contributed by atoms with E-state index in [-0.39, 0.29) is 0 Å². The highest BCUT2D eigenvalue weighted by Crippen LogP contribution is 2.22. The summed E-state index contributed by atoms with van der Waals surface area (Å²) in [6, 6.07) is 18.7. The number of para-hydroxylation sites is 1. The Morgan fingerprint density at radius 3 is 2.58 bits per heavy atom. The van der Waals surface area contributed by atoms with E-state index in [4.69, 9.17) is 4.74 Å². The molecule has 0 spiro atoms. The third-order valence-electron chi connectivity index (χ3n) is 4.81. The maximum Gasteiger partial charge on any atom is 0.191 e. The third kappa shape index (κ3) is 4.91. The van der Waals surface area contributed by atoms with Crippen molar-refractivity contribution >= 4 is 11.6 Å². The average Bonchev–Trinajstić information content (AvgIpc) is 3.18. The Hall–Kier alpha value is -2.69. The molecule has 1 fully saturated rings. The van der Waals surface area contributed by atoms with E-state index in [1.54, 1.807) is 7.11 Å². The molecule has 0 amide bonds. The summed E-state index contributed by atoms with van der Waals surface area (Å²) in [5, 5.41) is 6.84. The summed E-state index contributed by atoms with van der Waals surface area (Å²) < 4.78 is 5.19. The van der Waals surface area contributed by atoms with Crippen molar-refractivity contribution < 1.29 is 4.74 Å². The van der Waals surface area contributed by atoms with Crippen LogP contribution in [0, 0.1) is 5.92 Å². The van der Waals surface area contributed by atoms with Crippen LogP contribution in [-0.4, -0.2) is 39.8 Å². The van der Waals surface area contributed by atoms with Gasteiger partial charge in [-0.2, -0.15) is 0 Å². The van der Waals surface area contributed by atoms with Crippen LogP contribution in [0.1, 0.15) is 12.0 Å². The van der Waals surface area contributed by atoms with E-state index in [2.05, 4.69) is 63.0 Å². The Kier molecular flexibility index (Phi) is 6.36. The minimum Gasteiger partial charge on any atom is -0.497 e. The number of hydrogen-bond donors (Lipinski definition) is 2. The molecule has 0 bridgehead atoms. The van der Waals surface area contributed by atoms with Crippen molar-refractivity contribution in [1.29, 1.82) is 0 Å². The van der Waals surface area contributed by atoms with Crippen molar-refractivity contribution in [3.05, 3.63) is 60.2 Å².